The molecule has 0 N–H and O–H groups in total. The maximum absolute atomic E-state index is 13.8. The molecule has 0 bridgehead atoms. The van der Waals surface area contributed by atoms with Crippen LogP contribution in [0, 0.1) is 5.82 Å². The second kappa shape index (κ2) is 4.93. The number of Topliss-reactive ketones (excluding diaryl/α,β-unsaturated/α-hetero) is 1. The van der Waals surface area contributed by atoms with Gasteiger partial charge in [-0.15, -0.1) is 0 Å². The largest absolute Gasteiger partial charge is 0.322 e. The summed E-state index contributed by atoms with van der Waals surface area (Å²) in [5.74, 6) is -0.242. The summed E-state index contributed by atoms with van der Waals surface area (Å²) >= 11 is 6.05. The van der Waals surface area contributed by atoms with E-state index >= 15 is 0 Å². The molecule has 0 aliphatic carbocycles. The molecule has 3 aromatic rings. The third-order valence-corrected chi connectivity index (χ3v) is 5.45. The summed E-state index contributed by atoms with van der Waals surface area (Å²) in [5, 5.41) is 0.621. The van der Waals surface area contributed by atoms with Crippen LogP contribution in [-0.2, 0) is 12.0 Å². The van der Waals surface area contributed by atoms with E-state index in [9.17, 15) is 9.18 Å². The predicted molar refractivity (Wildman–Crippen MR) is 96.1 cm³/mol. The van der Waals surface area contributed by atoms with E-state index in [0.717, 1.165) is 22.5 Å². The minimum atomic E-state index is -0.871. The van der Waals surface area contributed by atoms with E-state index in [0.29, 0.717) is 17.0 Å². The predicted octanol–water partition coefficient (Wildman–Crippen LogP) is 5.27. The van der Waals surface area contributed by atoms with Crippen LogP contribution in [0.1, 0.15) is 21.5 Å². The fourth-order valence-electron chi connectivity index (χ4n) is 4.16. The lowest BCUT2D eigenvalue weighted by Crippen LogP contribution is -2.43. The zero-order valence-electron chi connectivity index (χ0n) is 13.2. The van der Waals surface area contributed by atoms with Crippen molar-refractivity contribution in [1.29, 1.82) is 0 Å². The van der Waals surface area contributed by atoms with Gasteiger partial charge < -0.3 is 4.90 Å². The van der Waals surface area contributed by atoms with Crippen LogP contribution in [0.4, 0.5) is 15.8 Å². The van der Waals surface area contributed by atoms with Gasteiger partial charge in [0.05, 0.1) is 5.69 Å². The van der Waals surface area contributed by atoms with Gasteiger partial charge in [0.25, 0.3) is 0 Å². The Balaban J connectivity index is 1.82. The Hall–Kier alpha value is -2.65. The third kappa shape index (κ3) is 1.82. The quantitative estimate of drug-likeness (QED) is 0.597. The lowest BCUT2D eigenvalue weighted by Gasteiger charge is -2.33. The van der Waals surface area contributed by atoms with Crippen LogP contribution in [-0.4, -0.2) is 5.78 Å². The molecule has 1 atom stereocenters. The van der Waals surface area contributed by atoms with Crippen molar-refractivity contribution in [2.24, 2.45) is 0 Å². The Labute approximate surface area is 149 Å². The highest BCUT2D eigenvalue weighted by atomic mass is 35.5. The summed E-state index contributed by atoms with van der Waals surface area (Å²) in [6.07, 6.45) is 0.440. The normalized spacial score (nSPS) is 20.4. The van der Waals surface area contributed by atoms with Gasteiger partial charge in [0.1, 0.15) is 11.4 Å². The van der Waals surface area contributed by atoms with E-state index < -0.39 is 5.54 Å². The number of rotatable bonds is 1. The number of carbonyl (C=O) groups excluding carboxylic acids is 1. The number of ketones is 1. The van der Waals surface area contributed by atoms with E-state index in [1.165, 1.54) is 12.1 Å². The van der Waals surface area contributed by atoms with Gasteiger partial charge in [0, 0.05) is 22.7 Å². The number of hydrogen-bond donors (Lipinski definition) is 0. The van der Waals surface area contributed by atoms with Crippen LogP contribution >= 0.6 is 11.6 Å². The number of nitrogens with zero attached hydrogens (tertiary/aromatic N) is 1. The topological polar surface area (TPSA) is 20.3 Å². The molecule has 1 unspecified atom stereocenters. The summed E-state index contributed by atoms with van der Waals surface area (Å²) in [6, 6.07) is 19.7. The number of benzene rings is 3. The lowest BCUT2D eigenvalue weighted by atomic mass is 9.82. The highest BCUT2D eigenvalue weighted by Crippen LogP contribution is 2.56. The van der Waals surface area contributed by atoms with Crippen molar-refractivity contribution in [1.82, 2.24) is 0 Å². The van der Waals surface area contributed by atoms with Gasteiger partial charge in [-0.05, 0) is 53.6 Å². The van der Waals surface area contributed by atoms with Gasteiger partial charge in [0.2, 0.25) is 0 Å². The molecule has 0 fully saturated rings. The zero-order chi connectivity index (χ0) is 17.2. The molecule has 0 aromatic heterocycles. The van der Waals surface area contributed by atoms with Crippen LogP contribution in [0.15, 0.2) is 66.7 Å². The standard InChI is InChI=1S/C21H13ClFNO/c22-15-7-5-14(6-8-15)21-12-13-11-16(23)9-10-18(13)24(21)19-4-2-1-3-17(19)20(21)25/h1-11H,12H2. The van der Waals surface area contributed by atoms with Crippen LogP contribution in [0.5, 0.6) is 0 Å². The van der Waals surface area contributed by atoms with Gasteiger partial charge >= 0.3 is 0 Å². The fraction of sp³-hybridized carbons (Fsp3) is 0.0952. The second-order valence-corrected chi connectivity index (χ2v) is 6.94. The molecule has 0 saturated heterocycles. The van der Waals surface area contributed by atoms with Crippen molar-refractivity contribution < 1.29 is 9.18 Å². The van der Waals surface area contributed by atoms with Crippen LogP contribution < -0.4 is 4.90 Å². The second-order valence-electron chi connectivity index (χ2n) is 6.50. The molecule has 122 valence electrons. The molecular formula is C21H13ClFNO. The monoisotopic (exact) mass is 349 g/mol. The third-order valence-electron chi connectivity index (χ3n) is 5.20. The smallest absolute Gasteiger partial charge is 0.195 e. The Bertz CT molecular complexity index is 1030. The number of hydrogen-bond acceptors (Lipinski definition) is 2. The average Bonchev–Trinajstić information content (AvgIpc) is 3.07. The molecule has 2 heterocycles. The van der Waals surface area contributed by atoms with Gasteiger partial charge in [0.15, 0.2) is 5.78 Å². The van der Waals surface area contributed by atoms with Crippen molar-refractivity contribution in [3.63, 3.8) is 0 Å². The van der Waals surface area contributed by atoms with Crippen molar-refractivity contribution in [3.8, 4) is 0 Å². The summed E-state index contributed by atoms with van der Waals surface area (Å²) < 4.78 is 13.8. The highest BCUT2D eigenvalue weighted by Gasteiger charge is 2.57. The minimum Gasteiger partial charge on any atom is -0.322 e. The van der Waals surface area contributed by atoms with E-state index in [1.807, 2.05) is 36.4 Å². The Kier molecular flexibility index (Phi) is 2.89. The van der Waals surface area contributed by atoms with Crippen molar-refractivity contribution >= 4 is 28.8 Å². The van der Waals surface area contributed by atoms with E-state index in [1.54, 1.807) is 18.2 Å². The first-order valence-corrected chi connectivity index (χ1v) is 8.47. The first-order chi connectivity index (χ1) is 12.1. The summed E-state index contributed by atoms with van der Waals surface area (Å²) in [7, 11) is 0. The molecule has 2 nitrogen and oxygen atoms in total. The molecule has 2 aliphatic rings. The minimum absolute atomic E-state index is 0.0435. The number of carbonyl (C=O) groups is 1. The summed E-state index contributed by atoms with van der Waals surface area (Å²) in [5.41, 5.74) is 3.30. The molecule has 2 aliphatic heterocycles. The number of halogens is 2. The first kappa shape index (κ1) is 14.7. The van der Waals surface area contributed by atoms with Gasteiger partial charge in [-0.25, -0.2) is 4.39 Å². The Morgan fingerprint density at radius 3 is 2.52 bits per heavy atom. The molecule has 0 radical (unpaired) electrons. The van der Waals surface area contributed by atoms with E-state index in [2.05, 4.69) is 4.90 Å². The number of fused-ring (bicyclic) bond motifs is 5. The highest BCUT2D eigenvalue weighted by molar-refractivity contribution is 6.30. The lowest BCUT2D eigenvalue weighted by molar-refractivity contribution is 0.0909. The van der Waals surface area contributed by atoms with Gasteiger partial charge in [-0.3, -0.25) is 4.79 Å². The van der Waals surface area contributed by atoms with Gasteiger partial charge in [-0.2, -0.15) is 0 Å². The molecule has 25 heavy (non-hydrogen) atoms. The Morgan fingerprint density at radius 1 is 0.960 bits per heavy atom. The van der Waals surface area contributed by atoms with Crippen molar-refractivity contribution in [2.75, 3.05) is 4.90 Å². The molecule has 5 rings (SSSR count). The van der Waals surface area contributed by atoms with Gasteiger partial charge in [-0.1, -0.05) is 35.9 Å². The molecule has 0 saturated carbocycles. The zero-order valence-corrected chi connectivity index (χ0v) is 13.9. The molecule has 0 spiro atoms. The Morgan fingerprint density at radius 2 is 1.72 bits per heavy atom. The first-order valence-electron chi connectivity index (χ1n) is 8.10. The maximum Gasteiger partial charge on any atom is 0.195 e. The van der Waals surface area contributed by atoms with Crippen LogP contribution in [0.2, 0.25) is 5.02 Å². The fourth-order valence-corrected chi connectivity index (χ4v) is 4.29. The molecule has 0 amide bonds. The van der Waals surface area contributed by atoms with Crippen LogP contribution in [0.25, 0.3) is 0 Å². The van der Waals surface area contributed by atoms with E-state index in [4.69, 9.17) is 11.6 Å². The van der Waals surface area contributed by atoms with Crippen molar-refractivity contribution in [2.45, 2.75) is 12.0 Å². The molecular weight excluding hydrogens is 337 g/mol. The molecule has 4 heteroatoms. The average molecular weight is 350 g/mol. The number of anilines is 2. The SMILES string of the molecule is O=C1c2ccccc2N2c3ccc(F)cc3CC12c1ccc(Cl)cc1. The number of para-hydroxylation sites is 1. The summed E-state index contributed by atoms with van der Waals surface area (Å²) in [6.45, 7) is 0. The van der Waals surface area contributed by atoms with Crippen LogP contribution in [0.3, 0.4) is 0 Å². The maximum atomic E-state index is 13.8. The van der Waals surface area contributed by atoms with E-state index in [-0.39, 0.29) is 11.6 Å². The van der Waals surface area contributed by atoms with Crippen molar-refractivity contribution in [3.05, 3.63) is 94.3 Å². The summed E-state index contributed by atoms with van der Waals surface area (Å²) in [4.78, 5) is 15.5. The molecule has 3 aromatic carbocycles.